The fourth-order valence-electron chi connectivity index (χ4n) is 14.8. The molecular formula is C76H106F8N12O13. The van der Waals surface area contributed by atoms with E-state index in [4.69, 9.17) is 4.74 Å². The van der Waals surface area contributed by atoms with Gasteiger partial charge in [0.1, 0.15) is 71.1 Å². The van der Waals surface area contributed by atoms with Gasteiger partial charge in [0, 0.05) is 88.9 Å². The quantitative estimate of drug-likeness (QED) is 0.116. The average Bonchev–Trinajstić information content (AvgIpc) is 0.926. The van der Waals surface area contributed by atoms with Gasteiger partial charge in [-0.05, 0) is 125 Å². The monoisotopic (exact) mass is 1550 g/mol. The van der Waals surface area contributed by atoms with E-state index in [1.807, 2.05) is 0 Å². The Hall–Kier alpha value is -9.04. The first kappa shape index (κ1) is 88.9. The number of rotatable bonds is 17. The van der Waals surface area contributed by atoms with Crippen molar-refractivity contribution in [1.82, 2.24) is 60.0 Å². The second kappa shape index (κ2) is 38.1. The van der Waals surface area contributed by atoms with Crippen molar-refractivity contribution in [2.24, 2.45) is 11.8 Å². The van der Waals surface area contributed by atoms with Gasteiger partial charge in [-0.25, -0.2) is 8.78 Å². The van der Waals surface area contributed by atoms with Crippen LogP contribution in [0.5, 0.6) is 0 Å². The summed E-state index contributed by atoms with van der Waals surface area (Å²) in [5.41, 5.74) is -5.10. The second-order valence-electron chi connectivity index (χ2n) is 29.6. The van der Waals surface area contributed by atoms with Gasteiger partial charge >= 0.3 is 12.4 Å². The highest BCUT2D eigenvalue weighted by atomic mass is 19.4. The topological polar surface area (TPSA) is 279 Å². The first-order valence-electron chi connectivity index (χ1n) is 36.9. The molecule has 33 heteroatoms. The zero-order valence-corrected chi connectivity index (χ0v) is 64.5. The number of aryl methyl sites for hydroxylation is 1. The van der Waals surface area contributed by atoms with Crippen molar-refractivity contribution < 1.29 is 97.4 Å². The number of carbonyl (C=O) groups excluding carboxylic acids is 12. The van der Waals surface area contributed by atoms with E-state index < -0.39 is 229 Å². The first-order valence-corrected chi connectivity index (χ1v) is 36.9. The summed E-state index contributed by atoms with van der Waals surface area (Å²) in [6.07, 6.45) is -9.64. The van der Waals surface area contributed by atoms with E-state index in [-0.39, 0.29) is 62.8 Å². The number of amides is 12. The Bertz CT molecular complexity index is 3660. The maximum Gasteiger partial charge on any atom is 0.422 e. The fourth-order valence-corrected chi connectivity index (χ4v) is 14.8. The van der Waals surface area contributed by atoms with Crippen LogP contribution in [0.3, 0.4) is 0 Å². The van der Waals surface area contributed by atoms with Gasteiger partial charge < -0.3 is 64.8 Å². The van der Waals surface area contributed by atoms with Gasteiger partial charge in [0.2, 0.25) is 70.9 Å². The minimum atomic E-state index is -5.47. The van der Waals surface area contributed by atoms with Crippen molar-refractivity contribution in [3.63, 3.8) is 0 Å². The Kier molecular flexibility index (Phi) is 31.0. The largest absolute Gasteiger partial charge is 0.422 e. The van der Waals surface area contributed by atoms with Crippen molar-refractivity contribution in [2.75, 3.05) is 89.2 Å². The molecule has 10 atom stereocenters. The third-order valence-corrected chi connectivity index (χ3v) is 21.4. The summed E-state index contributed by atoms with van der Waals surface area (Å²) < 4.78 is 120. The van der Waals surface area contributed by atoms with Crippen LogP contribution in [0.2, 0.25) is 0 Å². The van der Waals surface area contributed by atoms with Crippen LogP contribution >= 0.6 is 0 Å². The molecule has 2 aliphatic carbocycles. The van der Waals surface area contributed by atoms with Crippen LogP contribution in [0.15, 0.2) is 61.2 Å². The predicted octanol–water partition coefficient (Wildman–Crippen LogP) is 6.29. The molecule has 604 valence electrons. The van der Waals surface area contributed by atoms with Crippen molar-refractivity contribution in [2.45, 2.75) is 210 Å². The second-order valence-corrected chi connectivity index (χ2v) is 29.6. The zero-order chi connectivity index (χ0) is 81.6. The number of likely N-dealkylation sites (N-methyl/N-ethyl adjacent to an activating group) is 7. The molecule has 2 aromatic rings. The van der Waals surface area contributed by atoms with Crippen LogP contribution in [-0.2, 0) is 87.5 Å². The lowest BCUT2D eigenvalue weighted by molar-refractivity contribution is -0.157. The number of ether oxygens (including phenoxy) is 1. The summed E-state index contributed by atoms with van der Waals surface area (Å²) in [5.74, 6) is -15.5. The Morgan fingerprint density at radius 2 is 1.30 bits per heavy atom. The molecule has 4 aliphatic rings. The molecule has 2 heterocycles. The summed E-state index contributed by atoms with van der Waals surface area (Å²) in [6, 6.07) is -7.67. The highest BCUT2D eigenvalue weighted by molar-refractivity contribution is 6.01. The van der Waals surface area contributed by atoms with E-state index in [9.17, 15) is 55.1 Å². The van der Waals surface area contributed by atoms with Crippen LogP contribution < -0.4 is 16.0 Å². The predicted molar refractivity (Wildman–Crippen MR) is 385 cm³/mol. The number of hydrogen-bond donors (Lipinski definition) is 3. The molecule has 1 spiro atoms. The third kappa shape index (κ3) is 21.7. The molecule has 25 nitrogen and oxygen atoms in total. The number of nitrogens with zero attached hydrogens (tertiary/aromatic N) is 9. The van der Waals surface area contributed by atoms with Gasteiger partial charge in [0.15, 0.2) is 0 Å². The summed E-state index contributed by atoms with van der Waals surface area (Å²) in [4.78, 5) is 190. The van der Waals surface area contributed by atoms with E-state index >= 15 is 37.5 Å². The molecule has 12 amide bonds. The molecule has 2 aromatic carbocycles. The highest BCUT2D eigenvalue weighted by Crippen LogP contribution is 2.40. The van der Waals surface area contributed by atoms with Gasteiger partial charge in [0.25, 0.3) is 0 Å². The molecule has 2 saturated carbocycles. The Labute approximate surface area is 631 Å². The van der Waals surface area contributed by atoms with Crippen molar-refractivity contribution >= 4 is 70.9 Å². The summed E-state index contributed by atoms with van der Waals surface area (Å²) in [5, 5.41) is 8.19. The molecule has 2 aliphatic heterocycles. The number of fused-ring (bicyclic) bond motifs is 1. The number of nitrogens with one attached hydrogen (secondary N) is 3. The summed E-state index contributed by atoms with van der Waals surface area (Å²) in [7, 11) is 10.5. The van der Waals surface area contributed by atoms with Crippen LogP contribution in [0, 0.1) is 23.5 Å². The molecular weight excluding hydrogens is 1440 g/mol. The normalized spacial score (nSPS) is 25.0. The summed E-state index contributed by atoms with van der Waals surface area (Å²) in [6.45, 7) is 13.4. The minimum absolute atomic E-state index is 0.0265. The third-order valence-electron chi connectivity index (χ3n) is 21.4. The SMILES string of the molecule is C=CCC[C@H]1C(=O)N(CC(=C)C)[C@@H](Cc2ccc(C(F)(F)F)cc2)C(=O)N(C)CC(=O)N[C@@H](CCc2cc(F)c(C(F)(F)F)c(F)c2)C(=O)N2C[C@H](OCC)C[C@H]2C(=O)NC2(CCC2)C(=O)N(C)[C@@H](C2CCCC2)C(=O)N(C)[C@H](C(=O)N(C)C)CC(=O)N(C)[C@@H](CC)C(=O)N[C@@H]([C@@H](C)CC)C(=O)N(C)CC(=O)N1C. The maximum atomic E-state index is 15.6. The average molecular weight is 1550 g/mol. The van der Waals surface area contributed by atoms with Crippen LogP contribution in [0.4, 0.5) is 35.1 Å². The van der Waals surface area contributed by atoms with Crippen molar-refractivity contribution in [1.29, 1.82) is 0 Å². The number of alkyl halides is 6. The van der Waals surface area contributed by atoms with Crippen molar-refractivity contribution in [3.8, 4) is 0 Å². The number of halogens is 8. The molecule has 3 N–H and O–H groups in total. The molecule has 0 unspecified atom stereocenters. The first-order chi connectivity index (χ1) is 51.0. The smallest absolute Gasteiger partial charge is 0.377 e. The fraction of sp³-hybridized carbons (Fsp3) is 0.632. The molecule has 0 radical (unpaired) electrons. The number of benzene rings is 2. The minimum Gasteiger partial charge on any atom is -0.377 e. The van der Waals surface area contributed by atoms with Crippen molar-refractivity contribution in [3.05, 3.63) is 95.1 Å². The molecule has 6 rings (SSSR count). The number of allylic oxidation sites excluding steroid dienone is 1. The van der Waals surface area contributed by atoms with Crippen LogP contribution in [-0.4, -0.2) is 264 Å². The van der Waals surface area contributed by atoms with Gasteiger partial charge in [0.05, 0.1) is 31.2 Å². The van der Waals surface area contributed by atoms with E-state index in [0.29, 0.717) is 50.7 Å². The lowest BCUT2D eigenvalue weighted by atomic mass is 9.74. The molecule has 0 bridgehead atoms. The lowest BCUT2D eigenvalue weighted by Gasteiger charge is -2.46. The lowest BCUT2D eigenvalue weighted by Crippen LogP contribution is -2.68. The number of carbonyl (C=O) groups is 12. The molecule has 4 fully saturated rings. The zero-order valence-electron chi connectivity index (χ0n) is 64.5. The molecule has 2 saturated heterocycles. The van der Waals surface area contributed by atoms with E-state index in [1.165, 1.54) is 72.1 Å². The maximum absolute atomic E-state index is 15.6. The van der Waals surface area contributed by atoms with Gasteiger partial charge in [-0.3, -0.25) is 57.5 Å². The summed E-state index contributed by atoms with van der Waals surface area (Å²) >= 11 is 0. The molecule has 0 aromatic heterocycles. The number of hydrogen-bond acceptors (Lipinski definition) is 13. The van der Waals surface area contributed by atoms with Gasteiger partial charge in [-0.15, -0.1) is 6.58 Å². The van der Waals surface area contributed by atoms with Crippen LogP contribution in [0.1, 0.15) is 147 Å². The van der Waals surface area contributed by atoms with E-state index in [1.54, 1.807) is 27.7 Å². The Balaban J connectivity index is 1.53. The van der Waals surface area contributed by atoms with Gasteiger partial charge in [-0.1, -0.05) is 70.4 Å². The van der Waals surface area contributed by atoms with E-state index in [0.717, 1.165) is 65.6 Å². The van der Waals surface area contributed by atoms with E-state index in [2.05, 4.69) is 29.1 Å². The molecule has 109 heavy (non-hydrogen) atoms. The van der Waals surface area contributed by atoms with Gasteiger partial charge in [-0.2, -0.15) is 26.3 Å². The Morgan fingerprint density at radius 3 is 1.83 bits per heavy atom. The highest BCUT2D eigenvalue weighted by Gasteiger charge is 2.54. The standard InChI is InChI=1S/C76H106F8N12O13/c1-16-20-26-55-70(105)95(40-44(5)6)58(37-46-27-30-49(31-28-46)75(79,80)81)69(104)89(10)42-59(97)85-53(32-29-47-35-51(77)62(52(78)36-47)76(82,83)84)67(102)96-41-50(109-19-4)38-56(96)66(101)87-74(33-23-34-74)73(108)94(15)64(48-24-21-22-25-48)72(107)93(14)57(68(103)88(8)9)39-60(98)91(12)54(18-3)65(100)86-63(45(7)17-2)71(106)90(11)43-61(99)92(55)13/h16,27-28,30-31,35-36,45,48,50,53-58,63-64H,1,5,17-26,29,32-34,37-43H2,2-4,6-15H3,(H,85,97)(H,86,100)(H,87,101)/t45-,50+,53-,54-,55-,56-,57-,58-,63-,64-/m0/s1. The van der Waals surface area contributed by atoms with Crippen LogP contribution in [0.25, 0.3) is 0 Å². The Morgan fingerprint density at radius 1 is 0.706 bits per heavy atom.